The van der Waals surface area contributed by atoms with Crippen molar-refractivity contribution in [1.29, 1.82) is 0 Å². The van der Waals surface area contributed by atoms with Crippen molar-refractivity contribution in [3.05, 3.63) is 195 Å². The Kier molecular flexibility index (Phi) is 10.1. The molecule has 1 saturated carbocycles. The van der Waals surface area contributed by atoms with Crippen molar-refractivity contribution in [1.82, 2.24) is 0 Å². The molecule has 0 bridgehead atoms. The maximum Gasteiger partial charge on any atom is 0.0450 e. The minimum absolute atomic E-state index is 0.460. The van der Waals surface area contributed by atoms with Gasteiger partial charge in [-0.05, 0) is 140 Å². The molecule has 0 N–H and O–H groups in total. The molecule has 2 aliphatic rings. The van der Waals surface area contributed by atoms with Crippen LogP contribution in [-0.2, 0) is 0 Å². The predicted octanol–water partition coefficient (Wildman–Crippen LogP) is 13.4. The van der Waals surface area contributed by atoms with Crippen LogP contribution in [0.4, 0.5) is 17.1 Å². The average molecular weight is 705 g/mol. The van der Waals surface area contributed by atoms with E-state index in [9.17, 15) is 0 Å². The van der Waals surface area contributed by atoms with Gasteiger partial charge in [0.1, 0.15) is 0 Å². The average Bonchev–Trinajstić information content (AvgIpc) is 3.79. The van der Waals surface area contributed by atoms with Crippen LogP contribution in [0.15, 0.2) is 140 Å². The Balaban J connectivity index is 1.25. The van der Waals surface area contributed by atoms with Crippen LogP contribution in [0.3, 0.4) is 0 Å². The molecule has 0 radical (unpaired) electrons. The Morgan fingerprint density at radius 1 is 0.574 bits per heavy atom. The second-order valence-corrected chi connectivity index (χ2v) is 15.3. The van der Waals surface area contributed by atoms with Crippen LogP contribution in [-0.4, -0.2) is 19.1 Å². The highest BCUT2D eigenvalue weighted by Gasteiger charge is 2.42. The molecular weight excluding hydrogens is 653 g/mol. The zero-order chi connectivity index (χ0) is 37.2. The van der Waals surface area contributed by atoms with E-state index < -0.39 is 0 Å². The molecule has 0 saturated heterocycles. The normalized spacial score (nSPS) is 16.2. The number of benzene rings is 6. The van der Waals surface area contributed by atoms with E-state index in [2.05, 4.69) is 196 Å². The van der Waals surface area contributed by atoms with Gasteiger partial charge in [0.2, 0.25) is 0 Å². The van der Waals surface area contributed by atoms with Crippen molar-refractivity contribution in [3.8, 4) is 0 Å². The Labute approximate surface area is 323 Å². The number of anilines is 3. The van der Waals surface area contributed by atoms with Crippen molar-refractivity contribution in [2.24, 2.45) is 0 Å². The number of rotatable bonds is 10. The van der Waals surface area contributed by atoms with Crippen LogP contribution in [0.1, 0.15) is 94.7 Å². The largest absolute Gasteiger partial charge is 0.372 e. The molecule has 54 heavy (non-hydrogen) atoms. The van der Waals surface area contributed by atoms with Crippen molar-refractivity contribution in [2.45, 2.75) is 65.8 Å². The summed E-state index contributed by atoms with van der Waals surface area (Å²) in [4.78, 5) is 5.19. The summed E-state index contributed by atoms with van der Waals surface area (Å²) >= 11 is 0. The summed E-state index contributed by atoms with van der Waals surface area (Å²) in [5.41, 5.74) is 19.3. The highest BCUT2D eigenvalue weighted by molar-refractivity contribution is 5.94. The second kappa shape index (κ2) is 15.4. The summed E-state index contributed by atoms with van der Waals surface area (Å²) in [6.07, 6.45) is 8.52. The topological polar surface area (TPSA) is 6.48 Å². The lowest BCUT2D eigenvalue weighted by molar-refractivity contribution is 0.641. The van der Waals surface area contributed by atoms with Crippen LogP contribution in [0.2, 0.25) is 0 Å². The molecule has 270 valence electrons. The fourth-order valence-corrected chi connectivity index (χ4v) is 8.81. The Morgan fingerprint density at radius 3 is 1.87 bits per heavy atom. The van der Waals surface area contributed by atoms with Gasteiger partial charge in [0.25, 0.3) is 0 Å². The van der Waals surface area contributed by atoms with Crippen LogP contribution in [0.25, 0.3) is 23.3 Å². The minimum Gasteiger partial charge on any atom is -0.372 e. The zero-order valence-electron chi connectivity index (χ0n) is 32.5. The molecule has 0 aromatic heterocycles. The van der Waals surface area contributed by atoms with Gasteiger partial charge in [-0.25, -0.2) is 0 Å². The summed E-state index contributed by atoms with van der Waals surface area (Å²) in [7, 11) is 0. The van der Waals surface area contributed by atoms with Gasteiger partial charge in [0.15, 0.2) is 0 Å². The second-order valence-electron chi connectivity index (χ2n) is 15.3. The van der Waals surface area contributed by atoms with Crippen LogP contribution < -0.4 is 9.80 Å². The molecule has 0 amide bonds. The lowest BCUT2D eigenvalue weighted by Gasteiger charge is -2.30. The Morgan fingerprint density at radius 2 is 1.20 bits per heavy atom. The minimum atomic E-state index is 0.460. The van der Waals surface area contributed by atoms with Gasteiger partial charge in [-0.1, -0.05) is 132 Å². The third-order valence-electron chi connectivity index (χ3n) is 11.6. The quantitative estimate of drug-likeness (QED) is 0.131. The van der Waals surface area contributed by atoms with E-state index in [1.165, 1.54) is 103 Å². The van der Waals surface area contributed by atoms with Gasteiger partial charge in [0.05, 0.1) is 0 Å². The number of hydrogen-bond acceptors (Lipinski definition) is 2. The summed E-state index contributed by atoms with van der Waals surface area (Å²) < 4.78 is 0. The summed E-state index contributed by atoms with van der Waals surface area (Å²) in [5.74, 6) is 0.527. The fraction of sp³-hybridized carbons (Fsp3) is 0.231. The number of aryl methyl sites for hydroxylation is 3. The molecule has 0 spiro atoms. The fourth-order valence-electron chi connectivity index (χ4n) is 8.81. The summed E-state index contributed by atoms with van der Waals surface area (Å²) in [6.45, 7) is 13.0. The van der Waals surface area contributed by atoms with Crippen molar-refractivity contribution in [3.63, 3.8) is 0 Å². The first-order valence-corrected chi connectivity index (χ1v) is 19.9. The molecule has 1 aliphatic heterocycles. The first kappa shape index (κ1) is 35.4. The molecule has 8 rings (SSSR count). The van der Waals surface area contributed by atoms with E-state index in [1.807, 2.05) is 0 Å². The number of nitrogens with zero attached hydrogens (tertiary/aromatic N) is 2. The molecule has 6 aromatic rings. The molecule has 2 atom stereocenters. The smallest absolute Gasteiger partial charge is 0.0450 e. The molecule has 1 fully saturated rings. The molecule has 2 heteroatoms. The Hall–Kier alpha value is -5.60. The first-order chi connectivity index (χ1) is 26.4. The SMILES string of the molecule is CCN(CC)c1cc(/C=C(/c2ccccc2)c2cccc(C)c2)cc(N2c3ccc(C=C(c4ccc(C)cc4)c4ccc(C)cc4)cc3C3CCCC32)c1. The molecule has 2 nitrogen and oxygen atoms in total. The van der Waals surface area contributed by atoms with Gasteiger partial charge in [-0.2, -0.15) is 0 Å². The van der Waals surface area contributed by atoms with Gasteiger partial charge < -0.3 is 9.80 Å². The van der Waals surface area contributed by atoms with Gasteiger partial charge >= 0.3 is 0 Å². The van der Waals surface area contributed by atoms with Crippen LogP contribution in [0.5, 0.6) is 0 Å². The van der Waals surface area contributed by atoms with Crippen molar-refractivity contribution >= 4 is 40.4 Å². The summed E-state index contributed by atoms with van der Waals surface area (Å²) in [6, 6.07) is 52.7. The van der Waals surface area contributed by atoms with E-state index in [-0.39, 0.29) is 0 Å². The lowest BCUT2D eigenvalue weighted by Crippen LogP contribution is -2.27. The van der Waals surface area contributed by atoms with E-state index in [4.69, 9.17) is 0 Å². The van der Waals surface area contributed by atoms with Gasteiger partial charge in [0, 0.05) is 42.1 Å². The monoisotopic (exact) mass is 704 g/mol. The number of hydrogen-bond donors (Lipinski definition) is 0. The van der Waals surface area contributed by atoms with Crippen molar-refractivity contribution < 1.29 is 0 Å². The van der Waals surface area contributed by atoms with Gasteiger partial charge in [-0.3, -0.25) is 0 Å². The van der Waals surface area contributed by atoms with Crippen LogP contribution >= 0.6 is 0 Å². The lowest BCUT2D eigenvalue weighted by atomic mass is 9.92. The van der Waals surface area contributed by atoms with E-state index >= 15 is 0 Å². The first-order valence-electron chi connectivity index (χ1n) is 19.9. The van der Waals surface area contributed by atoms with E-state index in [1.54, 1.807) is 0 Å². The summed E-state index contributed by atoms with van der Waals surface area (Å²) in [5, 5.41) is 0. The third-order valence-corrected chi connectivity index (χ3v) is 11.6. The Bertz CT molecular complexity index is 2260. The molecular formula is C52H52N2. The molecule has 2 unspecified atom stereocenters. The van der Waals surface area contributed by atoms with E-state index in [0.29, 0.717) is 12.0 Å². The molecule has 1 heterocycles. The van der Waals surface area contributed by atoms with Crippen molar-refractivity contribution in [2.75, 3.05) is 22.9 Å². The highest BCUT2D eigenvalue weighted by atomic mass is 15.2. The maximum atomic E-state index is 2.69. The maximum absolute atomic E-state index is 2.69. The zero-order valence-corrected chi connectivity index (χ0v) is 32.5. The third kappa shape index (κ3) is 7.18. The predicted molar refractivity (Wildman–Crippen MR) is 233 cm³/mol. The number of fused-ring (bicyclic) bond motifs is 3. The van der Waals surface area contributed by atoms with Crippen LogP contribution in [0, 0.1) is 20.8 Å². The standard InChI is InChI=1S/C52H52N2/c1-6-53(7-2)45-30-40(34-49(41-14-9-8-10-15-41)44-16-11-13-38(5)29-44)31-46(35-45)54-51-18-12-17-47(51)50-33-39(23-28-52(50)54)32-48(42-24-19-36(3)20-25-42)43-26-21-37(4)22-27-43/h8-11,13-16,19-35,47,51H,6-7,12,17-18H2,1-5H3/b49-34-. The highest BCUT2D eigenvalue weighted by Crippen LogP contribution is 2.53. The molecule has 1 aliphatic carbocycles. The van der Waals surface area contributed by atoms with Gasteiger partial charge in [-0.15, -0.1) is 0 Å². The molecule has 6 aromatic carbocycles. The van der Waals surface area contributed by atoms with E-state index in [0.717, 1.165) is 13.1 Å².